The van der Waals surface area contributed by atoms with Crippen molar-refractivity contribution in [2.24, 2.45) is 0 Å². The van der Waals surface area contributed by atoms with Gasteiger partial charge in [0.15, 0.2) is 0 Å². The largest absolute Gasteiger partial charge is 0.338 e. The first-order valence-electron chi connectivity index (χ1n) is 12.2. The summed E-state index contributed by atoms with van der Waals surface area (Å²) in [7, 11) is 0. The number of hydrogen-bond donors (Lipinski definition) is 4. The number of amides is 4. The molecule has 0 rings (SSSR count). The SMILES string of the molecule is CCCCCCCCNC(=O)NCCCC(C)NC(=O)NCCCCCCCC. The lowest BCUT2D eigenvalue weighted by atomic mass is 10.1. The number of carbonyl (C=O) groups excluding carboxylic acids is 2. The molecule has 0 spiro atoms. The summed E-state index contributed by atoms with van der Waals surface area (Å²) >= 11 is 0. The molecule has 6 heteroatoms. The van der Waals surface area contributed by atoms with Gasteiger partial charge in [0.1, 0.15) is 0 Å². The van der Waals surface area contributed by atoms with Gasteiger partial charge in [0.2, 0.25) is 0 Å². The van der Waals surface area contributed by atoms with Gasteiger partial charge >= 0.3 is 12.1 Å². The minimum atomic E-state index is -0.0873. The molecule has 6 nitrogen and oxygen atoms in total. The van der Waals surface area contributed by atoms with Gasteiger partial charge in [-0.25, -0.2) is 9.59 Å². The van der Waals surface area contributed by atoms with Gasteiger partial charge in [0.25, 0.3) is 0 Å². The van der Waals surface area contributed by atoms with Crippen LogP contribution < -0.4 is 21.3 Å². The van der Waals surface area contributed by atoms with Crippen molar-refractivity contribution in [1.29, 1.82) is 0 Å². The molecule has 0 aromatic heterocycles. The quantitative estimate of drug-likeness (QED) is 0.212. The molecule has 0 aliphatic carbocycles. The van der Waals surface area contributed by atoms with Crippen molar-refractivity contribution in [2.75, 3.05) is 19.6 Å². The third kappa shape index (κ3) is 21.1. The summed E-state index contributed by atoms with van der Waals surface area (Å²) in [5.41, 5.74) is 0. The third-order valence-electron chi connectivity index (χ3n) is 5.11. The van der Waals surface area contributed by atoms with Crippen LogP contribution in [0.5, 0.6) is 0 Å². The molecular weight excluding hydrogens is 364 g/mol. The Labute approximate surface area is 179 Å². The predicted octanol–water partition coefficient (Wildman–Crippen LogP) is 5.47. The Morgan fingerprint density at radius 1 is 0.586 bits per heavy atom. The topological polar surface area (TPSA) is 82.3 Å². The molecule has 0 bridgehead atoms. The van der Waals surface area contributed by atoms with E-state index in [1.807, 2.05) is 6.92 Å². The average Bonchev–Trinajstić information content (AvgIpc) is 2.70. The zero-order chi connectivity index (χ0) is 21.6. The summed E-state index contributed by atoms with van der Waals surface area (Å²) in [5.74, 6) is 0. The van der Waals surface area contributed by atoms with Gasteiger partial charge in [-0.3, -0.25) is 0 Å². The smallest absolute Gasteiger partial charge is 0.314 e. The molecule has 1 atom stereocenters. The zero-order valence-corrected chi connectivity index (χ0v) is 19.4. The lowest BCUT2D eigenvalue weighted by Gasteiger charge is -2.15. The summed E-state index contributed by atoms with van der Waals surface area (Å²) in [5, 5.41) is 11.7. The molecular formula is C23H48N4O2. The minimum Gasteiger partial charge on any atom is -0.338 e. The average molecular weight is 413 g/mol. The minimum absolute atomic E-state index is 0.0872. The molecule has 1 unspecified atom stereocenters. The summed E-state index contributed by atoms with van der Waals surface area (Å²) < 4.78 is 0. The molecule has 0 radical (unpaired) electrons. The van der Waals surface area contributed by atoms with Gasteiger partial charge in [-0.05, 0) is 32.6 Å². The zero-order valence-electron chi connectivity index (χ0n) is 19.4. The molecule has 0 fully saturated rings. The van der Waals surface area contributed by atoms with E-state index < -0.39 is 0 Å². The van der Waals surface area contributed by atoms with Crippen molar-refractivity contribution in [3.8, 4) is 0 Å². The molecule has 0 aliphatic heterocycles. The van der Waals surface area contributed by atoms with Gasteiger partial charge in [0, 0.05) is 25.7 Å². The van der Waals surface area contributed by atoms with Crippen LogP contribution in [0.4, 0.5) is 9.59 Å². The highest BCUT2D eigenvalue weighted by Crippen LogP contribution is 2.05. The van der Waals surface area contributed by atoms with E-state index in [4.69, 9.17) is 0 Å². The summed E-state index contributed by atoms with van der Waals surface area (Å²) in [6, 6.07) is -0.0703. The normalized spacial score (nSPS) is 11.7. The highest BCUT2D eigenvalue weighted by atomic mass is 16.2. The Bertz CT molecular complexity index is 391. The van der Waals surface area contributed by atoms with Crippen LogP contribution in [0.2, 0.25) is 0 Å². The van der Waals surface area contributed by atoms with Crippen molar-refractivity contribution in [3.05, 3.63) is 0 Å². The maximum atomic E-state index is 11.9. The molecule has 4 N–H and O–H groups in total. The molecule has 0 aromatic carbocycles. The van der Waals surface area contributed by atoms with Crippen molar-refractivity contribution in [2.45, 2.75) is 117 Å². The van der Waals surface area contributed by atoms with Gasteiger partial charge in [-0.1, -0.05) is 78.1 Å². The van der Waals surface area contributed by atoms with E-state index in [9.17, 15) is 9.59 Å². The maximum Gasteiger partial charge on any atom is 0.314 e. The van der Waals surface area contributed by atoms with Gasteiger partial charge < -0.3 is 21.3 Å². The summed E-state index contributed by atoms with van der Waals surface area (Å²) in [6.07, 6.45) is 16.4. The van der Waals surface area contributed by atoms with E-state index in [2.05, 4.69) is 35.1 Å². The van der Waals surface area contributed by atoms with Crippen LogP contribution in [0.25, 0.3) is 0 Å². The lowest BCUT2D eigenvalue weighted by molar-refractivity contribution is 0.235. The molecule has 0 aromatic rings. The first kappa shape index (κ1) is 27.5. The number of carbonyl (C=O) groups is 2. The van der Waals surface area contributed by atoms with Crippen LogP contribution in [0, 0.1) is 0 Å². The van der Waals surface area contributed by atoms with E-state index >= 15 is 0 Å². The highest BCUT2D eigenvalue weighted by Gasteiger charge is 2.07. The van der Waals surface area contributed by atoms with E-state index in [0.29, 0.717) is 6.54 Å². The Kier molecular flexibility index (Phi) is 20.2. The molecule has 29 heavy (non-hydrogen) atoms. The molecule has 0 saturated carbocycles. The maximum absolute atomic E-state index is 11.9. The number of hydrogen-bond acceptors (Lipinski definition) is 2. The Balaban J connectivity index is 3.45. The molecule has 0 aliphatic rings. The number of rotatable bonds is 19. The Morgan fingerprint density at radius 2 is 1.00 bits per heavy atom. The molecule has 0 saturated heterocycles. The second-order valence-electron chi connectivity index (χ2n) is 8.16. The van der Waals surface area contributed by atoms with E-state index in [0.717, 1.165) is 38.8 Å². The van der Waals surface area contributed by atoms with Crippen LogP contribution >= 0.6 is 0 Å². The van der Waals surface area contributed by atoms with Crippen LogP contribution in [0.3, 0.4) is 0 Å². The van der Waals surface area contributed by atoms with E-state index in [-0.39, 0.29) is 18.1 Å². The van der Waals surface area contributed by atoms with Crippen LogP contribution in [-0.2, 0) is 0 Å². The summed E-state index contributed by atoms with van der Waals surface area (Å²) in [6.45, 7) is 8.56. The lowest BCUT2D eigenvalue weighted by Crippen LogP contribution is -2.41. The van der Waals surface area contributed by atoms with Gasteiger partial charge in [0.05, 0.1) is 0 Å². The van der Waals surface area contributed by atoms with Crippen LogP contribution in [0.1, 0.15) is 111 Å². The van der Waals surface area contributed by atoms with Crippen LogP contribution in [-0.4, -0.2) is 37.7 Å². The monoisotopic (exact) mass is 412 g/mol. The summed E-state index contributed by atoms with van der Waals surface area (Å²) in [4.78, 5) is 23.6. The van der Waals surface area contributed by atoms with Crippen molar-refractivity contribution >= 4 is 12.1 Å². The van der Waals surface area contributed by atoms with Crippen LogP contribution in [0.15, 0.2) is 0 Å². The Hall–Kier alpha value is -1.46. The number of urea groups is 2. The van der Waals surface area contributed by atoms with Crippen molar-refractivity contribution in [3.63, 3.8) is 0 Å². The third-order valence-corrected chi connectivity index (χ3v) is 5.11. The number of unbranched alkanes of at least 4 members (excludes halogenated alkanes) is 10. The Morgan fingerprint density at radius 3 is 1.52 bits per heavy atom. The van der Waals surface area contributed by atoms with E-state index in [1.165, 1.54) is 64.2 Å². The second kappa shape index (κ2) is 21.3. The number of nitrogens with one attached hydrogen (secondary N) is 4. The van der Waals surface area contributed by atoms with E-state index in [1.54, 1.807) is 0 Å². The standard InChI is InChI=1S/C23H48N4O2/c1-4-6-8-10-12-14-18-24-22(28)25-20-16-17-21(3)27-23(29)26-19-15-13-11-9-7-5-2/h21H,4-20H2,1-3H3,(H2,24,25,28)(H2,26,27,29). The first-order valence-corrected chi connectivity index (χ1v) is 12.2. The fourth-order valence-corrected chi connectivity index (χ4v) is 3.23. The first-order chi connectivity index (χ1) is 14.1. The molecule has 4 amide bonds. The highest BCUT2D eigenvalue weighted by molar-refractivity contribution is 5.74. The van der Waals surface area contributed by atoms with Gasteiger partial charge in [-0.2, -0.15) is 0 Å². The molecule has 0 heterocycles. The predicted molar refractivity (Wildman–Crippen MR) is 123 cm³/mol. The fraction of sp³-hybridized carbons (Fsp3) is 0.913. The molecule has 172 valence electrons. The van der Waals surface area contributed by atoms with Crippen molar-refractivity contribution < 1.29 is 9.59 Å². The fourth-order valence-electron chi connectivity index (χ4n) is 3.23. The van der Waals surface area contributed by atoms with Crippen molar-refractivity contribution in [1.82, 2.24) is 21.3 Å². The second-order valence-corrected chi connectivity index (χ2v) is 8.16. The van der Waals surface area contributed by atoms with Gasteiger partial charge in [-0.15, -0.1) is 0 Å².